The minimum atomic E-state index is -3.27. The third kappa shape index (κ3) is 6.79. The largest absolute Gasteiger partial charge is 0.325 e. The first-order chi connectivity index (χ1) is 10.4. The number of nitrogens with two attached hydrogens (primary N) is 1. The van der Waals surface area contributed by atoms with Gasteiger partial charge in [0, 0.05) is 5.69 Å². The summed E-state index contributed by atoms with van der Waals surface area (Å²) >= 11 is 0. The van der Waals surface area contributed by atoms with Crippen molar-refractivity contribution in [3.8, 4) is 0 Å². The second-order valence-corrected chi connectivity index (χ2v) is 10.0. The predicted octanol–water partition coefficient (Wildman–Crippen LogP) is 3.13. The number of halogens is 1. The highest BCUT2D eigenvalue weighted by atomic mass is 35.5. The number of sulfone groups is 1. The van der Waals surface area contributed by atoms with Crippen LogP contribution >= 0.6 is 12.4 Å². The minimum absolute atomic E-state index is 0. The number of hydrogen-bond donors (Lipinski definition) is 2. The van der Waals surface area contributed by atoms with Gasteiger partial charge in [-0.05, 0) is 50.8 Å². The minimum Gasteiger partial charge on any atom is -0.325 e. The zero-order chi connectivity index (χ0) is 17.8. The van der Waals surface area contributed by atoms with Gasteiger partial charge in [0.15, 0.2) is 9.84 Å². The van der Waals surface area contributed by atoms with Gasteiger partial charge in [0.25, 0.3) is 0 Å². The quantitative estimate of drug-likeness (QED) is 0.798. The molecule has 1 aromatic carbocycles. The van der Waals surface area contributed by atoms with Crippen molar-refractivity contribution in [2.45, 2.75) is 57.6 Å². The SMILES string of the molecule is CC(C)C[C@H](N)C(=O)Nc1cccc(CS(=O)(=O)C(C)(C)C)c1.Cl. The number of carbonyl (C=O) groups is 1. The molecule has 1 atom stereocenters. The van der Waals surface area contributed by atoms with Crippen LogP contribution in [0.15, 0.2) is 24.3 Å². The summed E-state index contributed by atoms with van der Waals surface area (Å²) in [6.07, 6.45) is 0.601. The summed E-state index contributed by atoms with van der Waals surface area (Å²) in [5.41, 5.74) is 7.07. The van der Waals surface area contributed by atoms with Crippen LogP contribution in [0.25, 0.3) is 0 Å². The molecule has 5 nitrogen and oxygen atoms in total. The van der Waals surface area contributed by atoms with Crippen molar-refractivity contribution in [3.63, 3.8) is 0 Å². The molecule has 1 amide bonds. The van der Waals surface area contributed by atoms with Gasteiger partial charge >= 0.3 is 0 Å². The molecule has 7 heteroatoms. The first-order valence-corrected chi connectivity index (χ1v) is 9.45. The summed E-state index contributed by atoms with van der Waals surface area (Å²) in [4.78, 5) is 12.0. The van der Waals surface area contributed by atoms with Gasteiger partial charge in [-0.15, -0.1) is 12.4 Å². The van der Waals surface area contributed by atoms with E-state index < -0.39 is 20.6 Å². The number of benzene rings is 1. The second kappa shape index (κ2) is 8.83. The van der Waals surface area contributed by atoms with Gasteiger partial charge in [-0.3, -0.25) is 4.79 Å². The molecule has 138 valence electrons. The van der Waals surface area contributed by atoms with E-state index in [0.29, 0.717) is 23.6 Å². The van der Waals surface area contributed by atoms with E-state index in [0.717, 1.165) is 0 Å². The fourth-order valence-electron chi connectivity index (χ4n) is 2.02. The monoisotopic (exact) mass is 376 g/mol. The first kappa shape index (κ1) is 22.9. The maximum Gasteiger partial charge on any atom is 0.241 e. The second-order valence-electron chi connectivity index (χ2n) is 7.30. The molecule has 0 saturated heterocycles. The van der Waals surface area contributed by atoms with E-state index in [2.05, 4.69) is 5.32 Å². The van der Waals surface area contributed by atoms with Crippen molar-refractivity contribution in [1.82, 2.24) is 0 Å². The van der Waals surface area contributed by atoms with Crippen LogP contribution in [-0.4, -0.2) is 25.1 Å². The highest BCUT2D eigenvalue weighted by Crippen LogP contribution is 2.22. The standard InChI is InChI=1S/C17H28N2O3S.ClH/c1-12(2)9-15(18)16(20)19-14-8-6-7-13(10-14)11-23(21,22)17(3,4)5;/h6-8,10,12,15H,9,11,18H2,1-5H3,(H,19,20);1H/t15-;/m0./s1. The Morgan fingerprint density at radius 3 is 2.33 bits per heavy atom. The molecule has 1 aromatic rings. The number of hydrogen-bond acceptors (Lipinski definition) is 4. The predicted molar refractivity (Wildman–Crippen MR) is 102 cm³/mol. The smallest absolute Gasteiger partial charge is 0.241 e. The summed E-state index contributed by atoms with van der Waals surface area (Å²) < 4.78 is 23.7. The lowest BCUT2D eigenvalue weighted by molar-refractivity contribution is -0.117. The van der Waals surface area contributed by atoms with Crippen molar-refractivity contribution < 1.29 is 13.2 Å². The molecule has 0 saturated carbocycles. The van der Waals surface area contributed by atoms with Gasteiger partial charge in [0.1, 0.15) is 0 Å². The van der Waals surface area contributed by atoms with Crippen LogP contribution < -0.4 is 11.1 Å². The lowest BCUT2D eigenvalue weighted by Gasteiger charge is -2.19. The lowest BCUT2D eigenvalue weighted by atomic mass is 10.0. The van der Waals surface area contributed by atoms with Crippen LogP contribution in [0, 0.1) is 5.92 Å². The van der Waals surface area contributed by atoms with Crippen molar-refractivity contribution in [1.29, 1.82) is 0 Å². The first-order valence-electron chi connectivity index (χ1n) is 7.80. The molecule has 0 aliphatic heterocycles. The molecule has 24 heavy (non-hydrogen) atoms. The third-order valence-corrected chi connectivity index (χ3v) is 6.13. The van der Waals surface area contributed by atoms with Crippen LogP contribution in [0.1, 0.15) is 46.6 Å². The number of rotatable bonds is 6. The molecule has 0 aromatic heterocycles. The Labute approximate surface area is 151 Å². The number of anilines is 1. The Bertz CT molecular complexity index is 652. The normalized spacial score (nSPS) is 13.3. The number of amides is 1. The van der Waals surface area contributed by atoms with Crippen LogP contribution in [0.4, 0.5) is 5.69 Å². The molecule has 0 aliphatic rings. The number of carbonyl (C=O) groups excluding carboxylic acids is 1. The molecule has 0 bridgehead atoms. The van der Waals surface area contributed by atoms with Gasteiger partial charge < -0.3 is 11.1 Å². The average Bonchev–Trinajstić information content (AvgIpc) is 2.36. The van der Waals surface area contributed by atoms with Crippen molar-refractivity contribution in [2.75, 3.05) is 5.32 Å². The van der Waals surface area contributed by atoms with Crippen molar-refractivity contribution in [3.05, 3.63) is 29.8 Å². The van der Waals surface area contributed by atoms with Crippen molar-refractivity contribution in [2.24, 2.45) is 11.7 Å². The van der Waals surface area contributed by atoms with Gasteiger partial charge in [-0.1, -0.05) is 26.0 Å². The summed E-state index contributed by atoms with van der Waals surface area (Å²) in [6, 6.07) is 6.32. The van der Waals surface area contributed by atoms with Gasteiger partial charge in [-0.2, -0.15) is 0 Å². The maximum absolute atomic E-state index is 12.3. The van der Waals surface area contributed by atoms with Crippen LogP contribution in [0.5, 0.6) is 0 Å². The highest BCUT2D eigenvalue weighted by Gasteiger charge is 2.29. The molecule has 0 radical (unpaired) electrons. The number of nitrogens with one attached hydrogen (secondary N) is 1. The van der Waals surface area contributed by atoms with Crippen LogP contribution in [0.3, 0.4) is 0 Å². The molecule has 0 spiro atoms. The van der Waals surface area contributed by atoms with E-state index in [4.69, 9.17) is 5.73 Å². The van der Waals surface area contributed by atoms with E-state index in [-0.39, 0.29) is 24.1 Å². The van der Waals surface area contributed by atoms with Crippen LogP contribution in [-0.2, 0) is 20.4 Å². The van der Waals surface area contributed by atoms with E-state index in [1.165, 1.54) is 0 Å². The zero-order valence-corrected chi connectivity index (χ0v) is 16.6. The molecule has 0 heterocycles. The van der Waals surface area contributed by atoms with Gasteiger partial charge in [0.2, 0.25) is 5.91 Å². The lowest BCUT2D eigenvalue weighted by Crippen LogP contribution is -2.36. The van der Waals surface area contributed by atoms with Crippen LogP contribution in [0.2, 0.25) is 0 Å². The molecule has 0 unspecified atom stereocenters. The van der Waals surface area contributed by atoms with Gasteiger partial charge in [-0.25, -0.2) is 8.42 Å². The molecule has 0 fully saturated rings. The topological polar surface area (TPSA) is 89.3 Å². The van der Waals surface area contributed by atoms with Crippen molar-refractivity contribution >= 4 is 33.8 Å². The summed E-state index contributed by atoms with van der Waals surface area (Å²) in [5, 5.41) is 2.75. The molecular formula is C17H29ClN2O3S. The average molecular weight is 377 g/mol. The molecule has 1 rings (SSSR count). The maximum atomic E-state index is 12.3. The Balaban J connectivity index is 0.00000529. The van der Waals surface area contributed by atoms with Gasteiger partial charge in [0.05, 0.1) is 16.5 Å². The Hall–Kier alpha value is -1.11. The Kier molecular flexibility index (Phi) is 8.42. The summed E-state index contributed by atoms with van der Waals surface area (Å²) in [6.45, 7) is 9.05. The summed E-state index contributed by atoms with van der Waals surface area (Å²) in [5.74, 6) is 0.0201. The van der Waals surface area contributed by atoms with E-state index in [1.807, 2.05) is 13.8 Å². The van der Waals surface area contributed by atoms with E-state index in [9.17, 15) is 13.2 Å². The molecule has 0 aliphatic carbocycles. The van der Waals surface area contributed by atoms with E-state index in [1.54, 1.807) is 45.0 Å². The fourth-order valence-corrected chi connectivity index (χ4v) is 3.08. The molecule has 3 N–H and O–H groups in total. The third-order valence-electron chi connectivity index (χ3n) is 3.55. The summed E-state index contributed by atoms with van der Waals surface area (Å²) in [7, 11) is -3.27. The van der Waals surface area contributed by atoms with E-state index >= 15 is 0 Å². The Morgan fingerprint density at radius 1 is 1.25 bits per heavy atom. The fraction of sp³-hybridized carbons (Fsp3) is 0.588. The zero-order valence-electron chi connectivity index (χ0n) is 15.0. The Morgan fingerprint density at radius 2 is 1.83 bits per heavy atom. The molecular weight excluding hydrogens is 348 g/mol. The highest BCUT2D eigenvalue weighted by molar-refractivity contribution is 7.91.